The molecular formula is C19H31NO. The molecule has 1 aromatic rings. The van der Waals surface area contributed by atoms with Crippen LogP contribution >= 0.6 is 0 Å². The van der Waals surface area contributed by atoms with Crippen LogP contribution in [0, 0.1) is 0 Å². The van der Waals surface area contributed by atoms with Gasteiger partial charge in [-0.1, -0.05) is 32.9 Å². The van der Waals surface area contributed by atoms with Gasteiger partial charge >= 0.3 is 0 Å². The van der Waals surface area contributed by atoms with Gasteiger partial charge in [-0.2, -0.15) is 0 Å². The fourth-order valence-electron chi connectivity index (χ4n) is 2.49. The van der Waals surface area contributed by atoms with E-state index in [4.69, 9.17) is 4.74 Å². The van der Waals surface area contributed by atoms with Crippen LogP contribution in [0.5, 0.6) is 0 Å². The van der Waals surface area contributed by atoms with Crippen molar-refractivity contribution in [3.8, 4) is 0 Å². The molecule has 0 aromatic heterocycles. The number of nitrogens with zero attached hydrogens (tertiary/aromatic N) is 1. The van der Waals surface area contributed by atoms with Crippen molar-refractivity contribution in [2.24, 2.45) is 0 Å². The van der Waals surface area contributed by atoms with Crippen molar-refractivity contribution in [3.63, 3.8) is 0 Å². The molecule has 21 heavy (non-hydrogen) atoms. The topological polar surface area (TPSA) is 12.5 Å². The van der Waals surface area contributed by atoms with Gasteiger partial charge in [-0.25, -0.2) is 0 Å². The maximum Gasteiger partial charge on any atom is 0.123 e. The van der Waals surface area contributed by atoms with Crippen LogP contribution in [0.1, 0.15) is 65.5 Å². The van der Waals surface area contributed by atoms with Crippen molar-refractivity contribution >= 4 is 5.69 Å². The van der Waals surface area contributed by atoms with Crippen LogP contribution < -0.4 is 4.90 Å². The summed E-state index contributed by atoms with van der Waals surface area (Å²) in [6.45, 7) is 12.9. The highest BCUT2D eigenvalue weighted by atomic mass is 16.5. The smallest absolute Gasteiger partial charge is 0.123 e. The van der Waals surface area contributed by atoms with Crippen LogP contribution in [0.4, 0.5) is 5.69 Å². The minimum atomic E-state index is 0.154. The Morgan fingerprint density at radius 2 is 1.67 bits per heavy atom. The van der Waals surface area contributed by atoms with E-state index in [1.54, 1.807) is 0 Å². The Kier molecular flexibility index (Phi) is 7.96. The summed E-state index contributed by atoms with van der Waals surface area (Å²) in [5.74, 6) is 0.990. The van der Waals surface area contributed by atoms with E-state index in [1.807, 2.05) is 19.9 Å². The standard InChI is InChI=1S/C19H31NO/c1-6-14-20(15-7-2)18-12-10-17(11-13-18)19(9-4)21-16(5)8-3/h8,10-13,19H,6-7,9,14-15H2,1-5H3. The van der Waals surface area contributed by atoms with Crippen LogP contribution in [0.3, 0.4) is 0 Å². The zero-order chi connectivity index (χ0) is 15.7. The molecule has 2 nitrogen and oxygen atoms in total. The Bertz CT molecular complexity index is 416. The van der Waals surface area contributed by atoms with Crippen molar-refractivity contribution in [3.05, 3.63) is 41.7 Å². The Labute approximate surface area is 130 Å². The monoisotopic (exact) mass is 289 g/mol. The van der Waals surface area contributed by atoms with Crippen molar-refractivity contribution in [2.45, 2.75) is 60.0 Å². The van der Waals surface area contributed by atoms with Gasteiger partial charge in [0.15, 0.2) is 0 Å². The highest BCUT2D eigenvalue weighted by Gasteiger charge is 2.12. The lowest BCUT2D eigenvalue weighted by atomic mass is 10.1. The number of hydrogen-bond acceptors (Lipinski definition) is 2. The van der Waals surface area contributed by atoms with Gasteiger partial charge < -0.3 is 9.64 Å². The van der Waals surface area contributed by atoms with E-state index in [1.165, 1.54) is 24.1 Å². The third-order valence-corrected chi connectivity index (χ3v) is 3.72. The van der Waals surface area contributed by atoms with Crippen molar-refractivity contribution in [1.29, 1.82) is 0 Å². The van der Waals surface area contributed by atoms with E-state index in [9.17, 15) is 0 Å². The molecule has 0 amide bonds. The van der Waals surface area contributed by atoms with Crippen LogP contribution in [-0.4, -0.2) is 13.1 Å². The van der Waals surface area contributed by atoms with E-state index in [2.05, 4.69) is 49.9 Å². The maximum atomic E-state index is 5.98. The van der Waals surface area contributed by atoms with Gasteiger partial charge in [0.25, 0.3) is 0 Å². The minimum Gasteiger partial charge on any atom is -0.491 e. The Hall–Kier alpha value is -1.44. The summed E-state index contributed by atoms with van der Waals surface area (Å²) in [7, 11) is 0. The average Bonchev–Trinajstić information content (AvgIpc) is 2.52. The van der Waals surface area contributed by atoms with Crippen LogP contribution in [0.25, 0.3) is 0 Å². The lowest BCUT2D eigenvalue weighted by molar-refractivity contribution is 0.114. The van der Waals surface area contributed by atoms with Gasteiger partial charge in [0.05, 0.1) is 5.76 Å². The number of anilines is 1. The van der Waals surface area contributed by atoms with Gasteiger partial charge in [-0.05, 0) is 56.9 Å². The molecule has 2 heteroatoms. The zero-order valence-electron chi connectivity index (χ0n) is 14.4. The summed E-state index contributed by atoms with van der Waals surface area (Å²) in [5.41, 5.74) is 2.58. The third-order valence-electron chi connectivity index (χ3n) is 3.72. The van der Waals surface area contributed by atoms with E-state index in [0.717, 1.165) is 25.3 Å². The number of ether oxygens (including phenoxy) is 1. The predicted octanol–water partition coefficient (Wildman–Crippen LogP) is 5.70. The molecule has 0 fully saturated rings. The number of allylic oxidation sites excluding steroid dienone is 2. The second kappa shape index (κ2) is 9.49. The lowest BCUT2D eigenvalue weighted by Crippen LogP contribution is -2.24. The average molecular weight is 289 g/mol. The van der Waals surface area contributed by atoms with E-state index in [-0.39, 0.29) is 6.10 Å². The first-order chi connectivity index (χ1) is 10.2. The summed E-state index contributed by atoms with van der Waals surface area (Å²) >= 11 is 0. The van der Waals surface area contributed by atoms with Crippen molar-refractivity contribution < 1.29 is 4.74 Å². The maximum absolute atomic E-state index is 5.98. The molecule has 0 aliphatic carbocycles. The molecule has 1 atom stereocenters. The third kappa shape index (κ3) is 5.45. The van der Waals surface area contributed by atoms with Crippen LogP contribution in [0.2, 0.25) is 0 Å². The second-order valence-electron chi connectivity index (χ2n) is 5.49. The van der Waals surface area contributed by atoms with Crippen molar-refractivity contribution in [2.75, 3.05) is 18.0 Å². The van der Waals surface area contributed by atoms with Crippen LogP contribution in [-0.2, 0) is 4.74 Å². The van der Waals surface area contributed by atoms with E-state index in [0.29, 0.717) is 0 Å². The molecule has 0 aliphatic heterocycles. The molecule has 0 aliphatic rings. The highest BCUT2D eigenvalue weighted by Crippen LogP contribution is 2.26. The molecule has 1 rings (SSSR count). The number of hydrogen-bond donors (Lipinski definition) is 0. The molecule has 1 aromatic carbocycles. The first-order valence-corrected chi connectivity index (χ1v) is 8.30. The number of rotatable bonds is 9. The Morgan fingerprint density at radius 3 is 2.10 bits per heavy atom. The summed E-state index contributed by atoms with van der Waals surface area (Å²) < 4.78 is 5.98. The van der Waals surface area contributed by atoms with E-state index < -0.39 is 0 Å². The molecule has 118 valence electrons. The fourth-order valence-corrected chi connectivity index (χ4v) is 2.49. The van der Waals surface area contributed by atoms with Gasteiger partial charge in [0, 0.05) is 18.8 Å². The largest absolute Gasteiger partial charge is 0.491 e. The summed E-state index contributed by atoms with van der Waals surface area (Å²) in [4.78, 5) is 2.46. The molecule has 0 saturated heterocycles. The number of benzene rings is 1. The molecule has 0 radical (unpaired) electrons. The van der Waals surface area contributed by atoms with Crippen LogP contribution in [0.15, 0.2) is 36.1 Å². The first-order valence-electron chi connectivity index (χ1n) is 8.30. The summed E-state index contributed by atoms with van der Waals surface area (Å²) in [5, 5.41) is 0. The summed E-state index contributed by atoms with van der Waals surface area (Å²) in [6.07, 6.45) is 5.52. The molecule has 0 N–H and O–H groups in total. The molecule has 0 spiro atoms. The second-order valence-corrected chi connectivity index (χ2v) is 5.49. The predicted molar refractivity (Wildman–Crippen MR) is 92.8 cm³/mol. The molecule has 0 saturated carbocycles. The quantitative estimate of drug-likeness (QED) is 0.540. The highest BCUT2D eigenvalue weighted by molar-refractivity contribution is 5.48. The van der Waals surface area contributed by atoms with Gasteiger partial charge in [0.2, 0.25) is 0 Å². The van der Waals surface area contributed by atoms with Gasteiger partial charge in [-0.3, -0.25) is 0 Å². The molecule has 0 heterocycles. The van der Waals surface area contributed by atoms with Gasteiger partial charge in [-0.15, -0.1) is 0 Å². The fraction of sp³-hybridized carbons (Fsp3) is 0.579. The normalized spacial score (nSPS) is 13.1. The Balaban J connectivity index is 2.83. The molecular weight excluding hydrogens is 258 g/mol. The molecule has 0 bridgehead atoms. The first kappa shape index (κ1) is 17.6. The summed E-state index contributed by atoms with van der Waals surface area (Å²) in [6, 6.07) is 8.89. The van der Waals surface area contributed by atoms with Gasteiger partial charge in [0.1, 0.15) is 6.10 Å². The van der Waals surface area contributed by atoms with E-state index >= 15 is 0 Å². The lowest BCUT2D eigenvalue weighted by Gasteiger charge is -2.25. The zero-order valence-corrected chi connectivity index (χ0v) is 14.4. The van der Waals surface area contributed by atoms with Crippen molar-refractivity contribution in [1.82, 2.24) is 0 Å². The SMILES string of the molecule is CC=C(C)OC(CC)c1ccc(N(CCC)CCC)cc1. The molecule has 1 unspecified atom stereocenters. The minimum absolute atomic E-state index is 0.154. The Morgan fingerprint density at radius 1 is 1.10 bits per heavy atom.